The maximum absolute atomic E-state index is 8.36. The van der Waals surface area contributed by atoms with Crippen molar-refractivity contribution in [3.63, 3.8) is 0 Å². The minimum atomic E-state index is -0.250. The second-order valence-corrected chi connectivity index (χ2v) is 0.316. The Hall–Kier alpha value is -0.109. The Morgan fingerprint density at radius 3 is 0.700 bits per heavy atom. The number of carboxylic acid groups (broad SMARTS) is 3. The van der Waals surface area contributed by atoms with Crippen LogP contribution in [0.4, 0.5) is 0 Å². The average Bonchev–Trinajstić information content (AvgIpc) is 1.70. The molecule has 0 spiro atoms. The molecule has 6 nitrogen and oxygen atoms in total. The zero-order valence-electron chi connectivity index (χ0n) is 4.30. The van der Waals surface area contributed by atoms with Crippen LogP contribution in [0.5, 0.6) is 0 Å². The number of hydrogen-bond acceptors (Lipinski definition) is 3. The number of carbonyl (C=O) groups is 3. The molecular weight excluding hydrogens is 220 g/mol. The fraction of sp³-hybridized carbons (Fsp3) is 0. The van der Waals surface area contributed by atoms with Crippen LogP contribution < -0.4 is 0 Å². The monoisotopic (exact) mass is 228 g/mol. The van der Waals surface area contributed by atoms with Gasteiger partial charge in [-0.05, 0) is 0 Å². The van der Waals surface area contributed by atoms with Gasteiger partial charge >= 0.3 is 45.5 Å². The van der Waals surface area contributed by atoms with Gasteiger partial charge in [0.25, 0.3) is 19.4 Å². The van der Waals surface area contributed by atoms with E-state index in [-0.39, 0.29) is 64.9 Å². The van der Waals surface area contributed by atoms with Crippen LogP contribution in [-0.2, 0) is 14.4 Å². The summed E-state index contributed by atoms with van der Waals surface area (Å²) in [6, 6.07) is 0. The number of hydrogen-bond donors (Lipinski definition) is 3. The van der Waals surface area contributed by atoms with Gasteiger partial charge in [-0.15, -0.1) is 0 Å². The summed E-state index contributed by atoms with van der Waals surface area (Å²) in [4.78, 5) is 25.1. The van der Waals surface area contributed by atoms with Crippen molar-refractivity contribution in [3.05, 3.63) is 0 Å². The molecule has 0 saturated heterocycles. The van der Waals surface area contributed by atoms with E-state index in [4.69, 9.17) is 29.7 Å². The molecule has 0 aromatic carbocycles. The van der Waals surface area contributed by atoms with Crippen LogP contribution in [0.2, 0.25) is 0 Å². The van der Waals surface area contributed by atoms with E-state index in [0.717, 1.165) is 0 Å². The first kappa shape index (κ1) is 22.5. The van der Waals surface area contributed by atoms with E-state index in [2.05, 4.69) is 0 Å². The third-order valence-electron chi connectivity index (χ3n) is 0. The molecule has 0 heterocycles. The predicted molar refractivity (Wildman–Crippen MR) is 34.6 cm³/mol. The van der Waals surface area contributed by atoms with E-state index >= 15 is 0 Å². The summed E-state index contributed by atoms with van der Waals surface area (Å²) in [5, 5.41) is 20.7. The Labute approximate surface area is 93.7 Å². The molecular formula is C3H8O6Sr. The second-order valence-electron chi connectivity index (χ2n) is 0.316. The van der Waals surface area contributed by atoms with Gasteiger partial charge in [-0.3, -0.25) is 14.4 Å². The molecule has 3 N–H and O–H groups in total. The van der Waals surface area contributed by atoms with Crippen molar-refractivity contribution < 1.29 is 29.7 Å². The van der Waals surface area contributed by atoms with Crippen LogP contribution >= 0.6 is 0 Å². The standard InChI is InChI=1S/3CH2O2.Sr.2H/c3*2-1-3;;;/h3*1H,(H,2,3);;;. The molecule has 0 fully saturated rings. The third-order valence-corrected chi connectivity index (χ3v) is 0. The van der Waals surface area contributed by atoms with Crippen molar-refractivity contribution in [2.75, 3.05) is 0 Å². The first-order valence-corrected chi connectivity index (χ1v) is 1.48. The van der Waals surface area contributed by atoms with Crippen molar-refractivity contribution in [2.45, 2.75) is 0 Å². The van der Waals surface area contributed by atoms with Crippen molar-refractivity contribution >= 4 is 64.9 Å². The predicted octanol–water partition coefficient (Wildman–Crippen LogP) is -1.81. The number of rotatable bonds is 0. The van der Waals surface area contributed by atoms with E-state index in [1.807, 2.05) is 0 Å². The van der Waals surface area contributed by atoms with Crippen molar-refractivity contribution in [1.29, 1.82) is 0 Å². The molecule has 0 bridgehead atoms. The quantitative estimate of drug-likeness (QED) is 0.332. The van der Waals surface area contributed by atoms with Crippen LogP contribution in [-0.4, -0.2) is 80.2 Å². The van der Waals surface area contributed by atoms with Gasteiger partial charge in [0.2, 0.25) is 0 Å². The van der Waals surface area contributed by atoms with Crippen molar-refractivity contribution in [3.8, 4) is 0 Å². The summed E-state index contributed by atoms with van der Waals surface area (Å²) in [5.74, 6) is 0. The van der Waals surface area contributed by atoms with Crippen LogP contribution in [0.25, 0.3) is 0 Å². The summed E-state index contributed by atoms with van der Waals surface area (Å²) >= 11 is 0. The zero-order valence-corrected chi connectivity index (χ0v) is 4.30. The molecule has 0 unspecified atom stereocenters. The molecule has 7 heteroatoms. The van der Waals surface area contributed by atoms with Gasteiger partial charge in [-0.2, -0.15) is 0 Å². The molecule has 58 valence electrons. The molecule has 0 aromatic rings. The van der Waals surface area contributed by atoms with Crippen LogP contribution in [0.3, 0.4) is 0 Å². The molecule has 10 heavy (non-hydrogen) atoms. The molecule has 0 radical (unpaired) electrons. The summed E-state index contributed by atoms with van der Waals surface area (Å²) < 4.78 is 0. The normalized spacial score (nSPS) is 3.60. The van der Waals surface area contributed by atoms with Gasteiger partial charge in [-0.25, -0.2) is 0 Å². The topological polar surface area (TPSA) is 112 Å². The maximum atomic E-state index is 8.36. The van der Waals surface area contributed by atoms with E-state index in [9.17, 15) is 0 Å². The zero-order chi connectivity index (χ0) is 8.12. The Balaban J connectivity index is -0.0000000257. The molecule has 0 aromatic heterocycles. The first-order valence-electron chi connectivity index (χ1n) is 1.48. The molecule has 0 aliphatic heterocycles. The van der Waals surface area contributed by atoms with Gasteiger partial charge in [0.15, 0.2) is 0 Å². The van der Waals surface area contributed by atoms with Crippen molar-refractivity contribution in [1.82, 2.24) is 0 Å². The molecule has 0 aliphatic carbocycles. The summed E-state index contributed by atoms with van der Waals surface area (Å²) in [6.45, 7) is -0.750. The van der Waals surface area contributed by atoms with E-state index in [0.29, 0.717) is 0 Å². The fourth-order valence-corrected chi connectivity index (χ4v) is 0. The van der Waals surface area contributed by atoms with E-state index in [1.54, 1.807) is 0 Å². The Morgan fingerprint density at radius 2 is 0.700 bits per heavy atom. The molecule has 0 saturated carbocycles. The van der Waals surface area contributed by atoms with Crippen LogP contribution in [0.1, 0.15) is 0 Å². The van der Waals surface area contributed by atoms with Gasteiger partial charge in [0.1, 0.15) is 0 Å². The molecule has 0 rings (SSSR count). The summed E-state index contributed by atoms with van der Waals surface area (Å²) in [5.41, 5.74) is 0. The first-order chi connectivity index (χ1) is 4.24. The van der Waals surface area contributed by atoms with Gasteiger partial charge in [0, 0.05) is 0 Å². The van der Waals surface area contributed by atoms with Gasteiger partial charge in [-0.1, -0.05) is 0 Å². The third kappa shape index (κ3) is 31300. The average molecular weight is 228 g/mol. The van der Waals surface area contributed by atoms with Crippen molar-refractivity contribution in [2.24, 2.45) is 0 Å². The van der Waals surface area contributed by atoms with E-state index < -0.39 is 0 Å². The molecule has 0 atom stereocenters. The molecule has 0 aliphatic rings. The summed E-state index contributed by atoms with van der Waals surface area (Å²) in [7, 11) is 0. The van der Waals surface area contributed by atoms with E-state index in [1.165, 1.54) is 0 Å². The molecule has 0 amide bonds. The van der Waals surface area contributed by atoms with Gasteiger partial charge < -0.3 is 15.3 Å². The summed E-state index contributed by atoms with van der Waals surface area (Å²) in [6.07, 6.45) is 0. The minimum absolute atomic E-state index is 0. The Bertz CT molecular complexity index is 49.7. The second kappa shape index (κ2) is 66.3. The fourth-order valence-electron chi connectivity index (χ4n) is 0. The SMILES string of the molecule is O=CO.O=CO.O=CO.[SrH2]. The van der Waals surface area contributed by atoms with Gasteiger partial charge in [0.05, 0.1) is 0 Å². The van der Waals surface area contributed by atoms with Crippen LogP contribution in [0.15, 0.2) is 0 Å². The Morgan fingerprint density at radius 1 is 0.700 bits per heavy atom. The van der Waals surface area contributed by atoms with Crippen LogP contribution in [0, 0.1) is 0 Å². The Kier molecular flexibility index (Phi) is 149.